The van der Waals surface area contributed by atoms with E-state index in [-0.39, 0.29) is 29.9 Å². The minimum Gasteiger partial charge on any atom is -0.493 e. The Morgan fingerprint density at radius 3 is 2.32 bits per heavy atom. The van der Waals surface area contributed by atoms with E-state index in [1.165, 1.54) is 45.3 Å². The largest absolute Gasteiger partial charge is 0.493 e. The van der Waals surface area contributed by atoms with Gasteiger partial charge in [-0.05, 0) is 62.1 Å². The van der Waals surface area contributed by atoms with E-state index in [2.05, 4.69) is 10.0 Å². The second kappa shape index (κ2) is 10.5. The van der Waals surface area contributed by atoms with E-state index in [1.807, 2.05) is 12.1 Å². The number of hydrogen-bond acceptors (Lipinski definition) is 6. The Kier molecular flexibility index (Phi) is 7.75. The van der Waals surface area contributed by atoms with Crippen LogP contribution in [0, 0.1) is 0 Å². The maximum atomic E-state index is 12.5. The molecule has 1 amide bonds. The molecule has 0 aliphatic heterocycles. The maximum absolute atomic E-state index is 12.5. The molecule has 1 aliphatic rings. The second-order valence-electron chi connectivity index (χ2n) is 7.26. The van der Waals surface area contributed by atoms with Crippen molar-refractivity contribution < 1.29 is 27.4 Å². The van der Waals surface area contributed by atoms with Gasteiger partial charge in [0.15, 0.2) is 11.5 Å². The van der Waals surface area contributed by atoms with Gasteiger partial charge in [-0.15, -0.1) is 0 Å². The summed E-state index contributed by atoms with van der Waals surface area (Å²) >= 11 is 0. The molecule has 0 aromatic heterocycles. The third-order valence-corrected chi connectivity index (χ3v) is 6.51. The molecule has 2 aromatic carbocycles. The van der Waals surface area contributed by atoms with Crippen LogP contribution in [0.25, 0.3) is 0 Å². The summed E-state index contributed by atoms with van der Waals surface area (Å²) in [6, 6.07) is 11.5. The van der Waals surface area contributed by atoms with Crippen molar-refractivity contribution in [3.05, 3.63) is 42.5 Å². The summed E-state index contributed by atoms with van der Waals surface area (Å²) in [5.41, 5.74) is 0.631. The van der Waals surface area contributed by atoms with Crippen molar-refractivity contribution in [2.75, 3.05) is 26.1 Å². The van der Waals surface area contributed by atoms with Gasteiger partial charge < -0.3 is 19.5 Å². The van der Waals surface area contributed by atoms with E-state index < -0.39 is 10.0 Å². The standard InChI is InChI=1S/C22H28N2O6S/c1-28-20-12-11-19(15-21(20)29-2)31(26,27)23-14-13-22(25)24-16-7-9-18(10-8-16)30-17-5-3-4-6-17/h7-12,15,17,23H,3-6,13-14H2,1-2H3,(H,24,25). The summed E-state index contributed by atoms with van der Waals surface area (Å²) in [5, 5.41) is 2.76. The van der Waals surface area contributed by atoms with Crippen LogP contribution in [0.2, 0.25) is 0 Å². The number of carbonyl (C=O) groups is 1. The molecule has 1 saturated carbocycles. The molecule has 0 bridgehead atoms. The quantitative estimate of drug-likeness (QED) is 0.578. The highest BCUT2D eigenvalue weighted by atomic mass is 32.2. The lowest BCUT2D eigenvalue weighted by Crippen LogP contribution is -2.27. The predicted octanol–water partition coefficient (Wildman–Crippen LogP) is 3.33. The second-order valence-corrected chi connectivity index (χ2v) is 9.03. The number of carbonyl (C=O) groups excluding carboxylic acids is 1. The Balaban J connectivity index is 1.48. The van der Waals surface area contributed by atoms with Crippen molar-refractivity contribution in [2.24, 2.45) is 0 Å². The highest BCUT2D eigenvalue weighted by molar-refractivity contribution is 7.89. The Bertz CT molecular complexity index is 986. The number of rotatable bonds is 10. The lowest BCUT2D eigenvalue weighted by molar-refractivity contribution is -0.116. The van der Waals surface area contributed by atoms with Crippen molar-refractivity contribution >= 4 is 21.6 Å². The first kappa shape index (κ1) is 22.9. The zero-order chi connectivity index (χ0) is 22.3. The fourth-order valence-corrected chi connectivity index (χ4v) is 4.45. The molecule has 9 heteroatoms. The lowest BCUT2D eigenvalue weighted by Gasteiger charge is -2.13. The molecule has 0 saturated heterocycles. The van der Waals surface area contributed by atoms with Crippen molar-refractivity contribution in [1.29, 1.82) is 0 Å². The average Bonchev–Trinajstić information content (AvgIpc) is 3.27. The molecule has 168 valence electrons. The third-order valence-electron chi connectivity index (χ3n) is 5.05. The van der Waals surface area contributed by atoms with Crippen molar-refractivity contribution in [2.45, 2.75) is 43.1 Å². The third kappa shape index (κ3) is 6.35. The monoisotopic (exact) mass is 448 g/mol. The van der Waals surface area contributed by atoms with E-state index in [9.17, 15) is 13.2 Å². The van der Waals surface area contributed by atoms with Crippen molar-refractivity contribution in [1.82, 2.24) is 4.72 Å². The SMILES string of the molecule is COc1ccc(S(=O)(=O)NCCC(=O)Nc2ccc(OC3CCCC3)cc2)cc1OC. The van der Waals surface area contributed by atoms with Crippen LogP contribution in [0.5, 0.6) is 17.2 Å². The van der Waals surface area contributed by atoms with Gasteiger partial charge in [0.25, 0.3) is 0 Å². The predicted molar refractivity (Wildman–Crippen MR) is 117 cm³/mol. The Hall–Kier alpha value is -2.78. The van der Waals surface area contributed by atoms with Crippen LogP contribution in [-0.2, 0) is 14.8 Å². The van der Waals surface area contributed by atoms with Crippen LogP contribution in [-0.4, -0.2) is 41.2 Å². The summed E-state index contributed by atoms with van der Waals surface area (Å²) in [4.78, 5) is 12.2. The van der Waals surface area contributed by atoms with Gasteiger partial charge in [0, 0.05) is 24.7 Å². The molecule has 0 atom stereocenters. The van der Waals surface area contributed by atoms with E-state index in [4.69, 9.17) is 14.2 Å². The summed E-state index contributed by atoms with van der Waals surface area (Å²) in [7, 11) is -0.884. The van der Waals surface area contributed by atoms with Gasteiger partial charge in [-0.25, -0.2) is 13.1 Å². The van der Waals surface area contributed by atoms with Gasteiger partial charge in [-0.1, -0.05) is 0 Å². The van der Waals surface area contributed by atoms with Crippen molar-refractivity contribution in [3.8, 4) is 17.2 Å². The van der Waals surface area contributed by atoms with Crippen LogP contribution in [0.15, 0.2) is 47.4 Å². The molecule has 0 radical (unpaired) electrons. The molecule has 2 N–H and O–H groups in total. The van der Waals surface area contributed by atoms with Crippen LogP contribution in [0.3, 0.4) is 0 Å². The van der Waals surface area contributed by atoms with Crippen molar-refractivity contribution in [3.63, 3.8) is 0 Å². The fraction of sp³-hybridized carbons (Fsp3) is 0.409. The summed E-state index contributed by atoms with van der Waals surface area (Å²) in [6.07, 6.45) is 4.84. The van der Waals surface area contributed by atoms with Gasteiger partial charge in [0.1, 0.15) is 5.75 Å². The number of ether oxygens (including phenoxy) is 3. The van der Waals surface area contributed by atoms with Gasteiger partial charge in [0.05, 0.1) is 25.2 Å². The van der Waals surface area contributed by atoms with Crippen LogP contribution < -0.4 is 24.2 Å². The minimum atomic E-state index is -3.79. The first-order valence-corrected chi connectivity index (χ1v) is 11.7. The molecule has 1 aliphatic carbocycles. The Morgan fingerprint density at radius 2 is 1.68 bits per heavy atom. The smallest absolute Gasteiger partial charge is 0.240 e. The number of anilines is 1. The zero-order valence-electron chi connectivity index (χ0n) is 17.7. The van der Waals surface area contributed by atoms with E-state index >= 15 is 0 Å². The van der Waals surface area contributed by atoms with E-state index in [0.29, 0.717) is 17.2 Å². The average molecular weight is 449 g/mol. The fourth-order valence-electron chi connectivity index (χ4n) is 3.40. The van der Waals surface area contributed by atoms with Gasteiger partial charge >= 0.3 is 0 Å². The minimum absolute atomic E-state index is 0.00710. The normalized spacial score (nSPS) is 14.3. The highest BCUT2D eigenvalue weighted by Gasteiger charge is 2.18. The Labute approximate surface area is 182 Å². The van der Waals surface area contributed by atoms with Gasteiger partial charge in [0.2, 0.25) is 15.9 Å². The summed E-state index contributed by atoms with van der Waals surface area (Å²) < 4.78 is 43.5. The first-order valence-electron chi connectivity index (χ1n) is 10.2. The Morgan fingerprint density at radius 1 is 1.00 bits per heavy atom. The molecule has 2 aromatic rings. The van der Waals surface area contributed by atoms with Gasteiger partial charge in [-0.3, -0.25) is 4.79 Å². The van der Waals surface area contributed by atoms with E-state index in [0.717, 1.165) is 18.6 Å². The topological polar surface area (TPSA) is 103 Å². The zero-order valence-corrected chi connectivity index (χ0v) is 18.5. The van der Waals surface area contributed by atoms with Crippen LogP contribution in [0.1, 0.15) is 32.1 Å². The molecule has 31 heavy (non-hydrogen) atoms. The number of hydrogen-bond donors (Lipinski definition) is 2. The number of nitrogens with one attached hydrogen (secondary N) is 2. The maximum Gasteiger partial charge on any atom is 0.240 e. The number of sulfonamides is 1. The van der Waals surface area contributed by atoms with Crippen LogP contribution >= 0.6 is 0 Å². The molecule has 0 unspecified atom stereocenters. The molecule has 3 rings (SSSR count). The summed E-state index contributed by atoms with van der Waals surface area (Å²) in [6.45, 7) is -0.0363. The number of benzene rings is 2. The van der Waals surface area contributed by atoms with Gasteiger partial charge in [-0.2, -0.15) is 0 Å². The molecule has 0 heterocycles. The number of amides is 1. The highest BCUT2D eigenvalue weighted by Crippen LogP contribution is 2.29. The lowest BCUT2D eigenvalue weighted by atomic mass is 10.2. The number of methoxy groups -OCH3 is 2. The molecule has 0 spiro atoms. The summed E-state index contributed by atoms with van der Waals surface area (Å²) in [5.74, 6) is 1.23. The molecule has 1 fully saturated rings. The van der Waals surface area contributed by atoms with E-state index in [1.54, 1.807) is 12.1 Å². The molecular formula is C22H28N2O6S. The molecular weight excluding hydrogens is 420 g/mol. The first-order chi connectivity index (χ1) is 14.9. The molecule has 8 nitrogen and oxygen atoms in total. The van der Waals surface area contributed by atoms with Crippen LogP contribution in [0.4, 0.5) is 5.69 Å².